The van der Waals surface area contributed by atoms with E-state index in [4.69, 9.17) is 22.3 Å². The summed E-state index contributed by atoms with van der Waals surface area (Å²) in [7, 11) is 0. The van der Waals surface area contributed by atoms with Crippen molar-refractivity contribution < 1.29 is 27.1 Å². The number of alkyl halides is 1. The Hall–Kier alpha value is -2.45. The summed E-state index contributed by atoms with van der Waals surface area (Å²) < 4.78 is 33.4. The fourth-order valence-corrected chi connectivity index (χ4v) is 2.65. The summed E-state index contributed by atoms with van der Waals surface area (Å²) in [4.78, 5) is 12.1. The first-order valence-electron chi connectivity index (χ1n) is 7.98. The number of aryl methyl sites for hydroxylation is 1. The van der Waals surface area contributed by atoms with Gasteiger partial charge in [0.05, 0.1) is 22.9 Å². The first-order valence-corrected chi connectivity index (χ1v) is 9.77. The minimum Gasteiger partial charge on any atom is -0.462 e. The lowest BCUT2D eigenvalue weighted by molar-refractivity contribution is 0.0526. The molecule has 0 aliphatic rings. The molecule has 0 atom stereocenters. The van der Waals surface area contributed by atoms with E-state index in [1.54, 1.807) is 19.1 Å². The summed E-state index contributed by atoms with van der Waals surface area (Å²) in [5, 5.41) is 1.40. The highest BCUT2D eigenvalue weighted by molar-refractivity contribution is 9.08. The summed E-state index contributed by atoms with van der Waals surface area (Å²) in [6, 6.07) is 13.0. The molecule has 0 radical (unpaired) electrons. The van der Waals surface area contributed by atoms with E-state index in [-0.39, 0.29) is 0 Å². The first-order chi connectivity index (χ1) is 13.0. The summed E-state index contributed by atoms with van der Waals surface area (Å²) >= 11 is 2.63. The van der Waals surface area contributed by atoms with Crippen molar-refractivity contribution in [3.63, 3.8) is 0 Å². The van der Waals surface area contributed by atoms with Gasteiger partial charge in [0.1, 0.15) is 22.8 Å². The molecule has 2 aromatic carbocycles. The van der Waals surface area contributed by atoms with Crippen LogP contribution in [0.3, 0.4) is 0 Å². The molecule has 0 aliphatic heterocycles. The normalized spacial score (nSPS) is 10.0. The Balaban J connectivity index is 0.000000817. The zero-order valence-electron chi connectivity index (χ0n) is 14.7. The van der Waals surface area contributed by atoms with Gasteiger partial charge in [-0.15, -0.1) is 0 Å². The smallest absolute Gasteiger partial charge is 0.338 e. The van der Waals surface area contributed by atoms with Crippen molar-refractivity contribution in [3.05, 3.63) is 59.4 Å². The third-order valence-corrected chi connectivity index (χ3v) is 4.09. The Kier molecular flexibility index (Phi) is 7.75. The van der Waals surface area contributed by atoms with Crippen molar-refractivity contribution in [3.8, 4) is 11.5 Å². The average Bonchev–Trinajstić information content (AvgIpc) is 3.08. The lowest BCUT2D eigenvalue weighted by Crippen LogP contribution is -2.04. The summed E-state index contributed by atoms with van der Waals surface area (Å²) in [6.07, 6.45) is 0. The molecule has 27 heavy (non-hydrogen) atoms. The molecular weight excluding hydrogens is 436 g/mol. The van der Waals surface area contributed by atoms with Crippen molar-refractivity contribution >= 4 is 44.4 Å². The van der Waals surface area contributed by atoms with Gasteiger partial charge in [-0.25, -0.2) is 4.79 Å². The van der Waals surface area contributed by atoms with Crippen LogP contribution in [0.15, 0.2) is 46.9 Å². The molecule has 8 heteroatoms. The molecule has 0 N–H and O–H groups in total. The minimum atomic E-state index is -0.750. The number of fused-ring (bicyclic) bond motifs is 1. The monoisotopic (exact) mass is 452 g/mol. The second kappa shape index (κ2) is 10.0. The largest absolute Gasteiger partial charge is 0.462 e. The van der Waals surface area contributed by atoms with Gasteiger partial charge in [0.15, 0.2) is 0 Å². The fourth-order valence-electron chi connectivity index (χ4n) is 2.38. The molecule has 142 valence electrons. The Bertz CT molecular complexity index is 958. The van der Waals surface area contributed by atoms with Crippen LogP contribution < -0.4 is 4.74 Å². The molecule has 0 spiro atoms. The second-order valence-electron chi connectivity index (χ2n) is 5.44. The van der Waals surface area contributed by atoms with E-state index in [0.29, 0.717) is 34.6 Å². The molecule has 3 aromatic rings. The highest BCUT2D eigenvalue weighted by atomic mass is 79.9. The molecule has 3 rings (SSSR count). The third kappa shape index (κ3) is 5.51. The number of carbonyl (C=O) groups is 1. The van der Waals surface area contributed by atoms with Crippen molar-refractivity contribution in [2.24, 2.45) is 0 Å². The molecule has 1 heterocycles. The number of halogens is 1. The Morgan fingerprint density at radius 2 is 1.81 bits per heavy atom. The lowest BCUT2D eigenvalue weighted by atomic mass is 10.1. The van der Waals surface area contributed by atoms with E-state index in [0.717, 1.165) is 16.7 Å². The van der Waals surface area contributed by atoms with Gasteiger partial charge in [0, 0.05) is 0 Å². The quantitative estimate of drug-likeness (QED) is 0.402. The number of hydrogen-bond acceptors (Lipinski definition) is 6. The fraction of sp³-hybridized carbons (Fsp3) is 0.211. The number of benzene rings is 2. The maximum Gasteiger partial charge on any atom is 0.338 e. The summed E-state index contributed by atoms with van der Waals surface area (Å²) in [5.74, 6) is 1.63. The van der Waals surface area contributed by atoms with Crippen molar-refractivity contribution in [1.29, 1.82) is 0 Å². The molecule has 0 saturated carbocycles. The van der Waals surface area contributed by atoms with Crippen molar-refractivity contribution in [2.45, 2.75) is 19.2 Å². The van der Waals surface area contributed by atoms with Gasteiger partial charge >= 0.3 is 17.5 Å². The van der Waals surface area contributed by atoms with Crippen LogP contribution in [-0.4, -0.2) is 21.0 Å². The number of esters is 1. The van der Waals surface area contributed by atoms with Gasteiger partial charge in [-0.1, -0.05) is 33.6 Å². The van der Waals surface area contributed by atoms with Crippen LogP contribution in [0.5, 0.6) is 11.5 Å². The Labute approximate surface area is 168 Å². The molecule has 0 bridgehead atoms. The van der Waals surface area contributed by atoms with Crippen LogP contribution in [0.25, 0.3) is 11.0 Å². The number of rotatable bonds is 5. The molecule has 0 aliphatic carbocycles. The molecule has 0 unspecified atom stereocenters. The lowest BCUT2D eigenvalue weighted by Gasteiger charge is -2.09. The predicted molar refractivity (Wildman–Crippen MR) is 105 cm³/mol. The first kappa shape index (κ1) is 20.9. The van der Waals surface area contributed by atoms with Crippen molar-refractivity contribution in [1.82, 2.24) is 0 Å². The molecule has 1 aromatic heterocycles. The van der Waals surface area contributed by atoms with E-state index in [9.17, 15) is 4.79 Å². The number of furan rings is 1. The van der Waals surface area contributed by atoms with Gasteiger partial charge in [0.2, 0.25) is 0 Å². The summed E-state index contributed by atoms with van der Waals surface area (Å²) in [6.45, 7) is 4.10. The van der Waals surface area contributed by atoms with Crippen LogP contribution in [0.2, 0.25) is 0 Å². The van der Waals surface area contributed by atoms with Crippen LogP contribution in [0.4, 0.5) is 0 Å². The topological polar surface area (TPSA) is 82.8 Å². The van der Waals surface area contributed by atoms with Gasteiger partial charge in [-0.2, -0.15) is 8.42 Å². The van der Waals surface area contributed by atoms with E-state index >= 15 is 0 Å². The van der Waals surface area contributed by atoms with Crippen molar-refractivity contribution in [2.75, 3.05) is 6.61 Å². The Morgan fingerprint density at radius 1 is 1.15 bits per heavy atom. The van der Waals surface area contributed by atoms with E-state index in [1.807, 2.05) is 37.3 Å². The maximum absolute atomic E-state index is 12.1. The predicted octanol–water partition coefficient (Wildman–Crippen LogP) is 4.93. The average molecular weight is 453 g/mol. The zero-order valence-corrected chi connectivity index (χ0v) is 17.1. The molecule has 0 amide bonds. The van der Waals surface area contributed by atoms with Gasteiger partial charge in [-0.3, -0.25) is 0 Å². The standard InChI is InChI=1S/C19H17BrO4.O2S/c1-3-22-19(21)13-8-17(23-14-6-4-12(2)5-7-14)16-10-15(11-20)24-18(16)9-13;1-3-2/h4-10H,3,11H2,1-2H3;. The van der Waals surface area contributed by atoms with Crippen LogP contribution in [0.1, 0.15) is 28.6 Å². The summed E-state index contributed by atoms with van der Waals surface area (Å²) in [5.41, 5.74) is 2.15. The van der Waals surface area contributed by atoms with Crippen LogP contribution >= 0.6 is 15.9 Å². The van der Waals surface area contributed by atoms with E-state index in [1.165, 1.54) is 0 Å². The Morgan fingerprint density at radius 3 is 2.41 bits per heavy atom. The maximum atomic E-state index is 12.1. The zero-order chi connectivity index (χ0) is 19.8. The van der Waals surface area contributed by atoms with Gasteiger partial charge in [0.25, 0.3) is 0 Å². The molecule has 0 saturated heterocycles. The molecular formula is C19H17BrO6S. The van der Waals surface area contributed by atoms with Gasteiger partial charge < -0.3 is 13.9 Å². The van der Waals surface area contributed by atoms with E-state index in [2.05, 4.69) is 15.9 Å². The minimum absolute atomic E-state index is 0.315. The number of ether oxygens (including phenoxy) is 2. The molecule has 6 nitrogen and oxygen atoms in total. The highest BCUT2D eigenvalue weighted by Gasteiger charge is 2.16. The van der Waals surface area contributed by atoms with Gasteiger partial charge in [-0.05, 0) is 44.2 Å². The SMILES string of the molecule is CCOC(=O)c1cc(Oc2ccc(C)cc2)c2cc(CBr)oc2c1.O=S=O. The highest BCUT2D eigenvalue weighted by Crippen LogP contribution is 2.34. The molecule has 0 fully saturated rings. The van der Waals surface area contributed by atoms with Crippen LogP contribution in [-0.2, 0) is 21.6 Å². The van der Waals surface area contributed by atoms with E-state index < -0.39 is 17.5 Å². The third-order valence-electron chi connectivity index (χ3n) is 3.54. The van der Waals surface area contributed by atoms with Crippen LogP contribution in [0, 0.1) is 6.92 Å². The number of carbonyl (C=O) groups excluding carboxylic acids is 1. The second-order valence-corrected chi connectivity index (χ2v) is 6.13. The number of hydrogen-bond donors (Lipinski definition) is 0.